The van der Waals surface area contributed by atoms with Gasteiger partial charge in [-0.15, -0.1) is 0 Å². The van der Waals surface area contributed by atoms with Gasteiger partial charge in [0.05, 0.1) is 0 Å². The highest BCUT2D eigenvalue weighted by molar-refractivity contribution is 5.94. The van der Waals surface area contributed by atoms with E-state index in [1.54, 1.807) is 0 Å². The van der Waals surface area contributed by atoms with Gasteiger partial charge < -0.3 is 10.2 Å². The summed E-state index contributed by atoms with van der Waals surface area (Å²) < 4.78 is 25.9. The smallest absolute Gasteiger partial charge is 0.251 e. The van der Waals surface area contributed by atoms with Crippen molar-refractivity contribution < 1.29 is 18.4 Å². The Labute approximate surface area is 121 Å². The molecule has 0 radical (unpaired) electrons. The molecule has 4 nitrogen and oxygen atoms in total. The quantitative estimate of drug-likeness (QED) is 0.919. The number of nitrogens with zero attached hydrogens (tertiary/aromatic N) is 1. The molecule has 1 aromatic rings. The van der Waals surface area contributed by atoms with E-state index in [0.717, 1.165) is 25.0 Å². The van der Waals surface area contributed by atoms with Gasteiger partial charge in [-0.1, -0.05) is 0 Å². The zero-order valence-electron chi connectivity index (χ0n) is 11.4. The number of benzene rings is 1. The Morgan fingerprint density at radius 3 is 2.71 bits per heavy atom. The van der Waals surface area contributed by atoms with Crippen LogP contribution in [0.4, 0.5) is 8.78 Å². The average Bonchev–Trinajstić information content (AvgIpc) is 3.23. The summed E-state index contributed by atoms with van der Waals surface area (Å²) in [5.74, 6) is -2.24. The van der Waals surface area contributed by atoms with Gasteiger partial charge in [-0.2, -0.15) is 0 Å². The first-order valence-electron chi connectivity index (χ1n) is 7.07. The Morgan fingerprint density at radius 1 is 1.29 bits per heavy atom. The highest BCUT2D eigenvalue weighted by Gasteiger charge is 2.39. The van der Waals surface area contributed by atoms with Crippen LogP contribution in [0, 0.1) is 17.6 Å². The lowest BCUT2D eigenvalue weighted by molar-refractivity contribution is -0.128. The number of carbonyl (C=O) groups is 2. The van der Waals surface area contributed by atoms with E-state index in [1.807, 2.05) is 4.90 Å². The summed E-state index contributed by atoms with van der Waals surface area (Å²) in [7, 11) is 0. The van der Waals surface area contributed by atoms with Crippen molar-refractivity contribution in [1.82, 2.24) is 10.2 Å². The minimum atomic E-state index is -1.04. The summed E-state index contributed by atoms with van der Waals surface area (Å²) in [5.41, 5.74) is 0.0808. The minimum Gasteiger partial charge on any atom is -0.352 e. The van der Waals surface area contributed by atoms with Crippen LogP contribution < -0.4 is 5.32 Å². The molecular formula is C15H16F2N2O2. The fourth-order valence-corrected chi connectivity index (χ4v) is 2.66. The number of halogens is 2. The molecule has 0 aromatic heterocycles. The van der Waals surface area contributed by atoms with Crippen molar-refractivity contribution in [2.24, 2.45) is 5.92 Å². The number of likely N-dealkylation sites (tertiary alicyclic amines) is 1. The molecule has 1 aliphatic carbocycles. The van der Waals surface area contributed by atoms with E-state index < -0.39 is 17.5 Å². The summed E-state index contributed by atoms with van der Waals surface area (Å²) >= 11 is 0. The number of hydrogen-bond acceptors (Lipinski definition) is 2. The zero-order chi connectivity index (χ0) is 15.0. The van der Waals surface area contributed by atoms with Gasteiger partial charge in [-0.05, 0) is 31.0 Å². The molecule has 1 saturated heterocycles. The number of amides is 2. The summed E-state index contributed by atoms with van der Waals surface area (Å²) in [6.07, 6.45) is 2.58. The summed E-state index contributed by atoms with van der Waals surface area (Å²) in [5, 5.41) is 2.68. The second-order valence-electron chi connectivity index (χ2n) is 5.69. The van der Waals surface area contributed by atoms with Gasteiger partial charge in [0, 0.05) is 37.0 Å². The molecule has 21 heavy (non-hydrogen) atoms. The van der Waals surface area contributed by atoms with E-state index in [9.17, 15) is 18.4 Å². The van der Waals surface area contributed by atoms with Crippen molar-refractivity contribution in [1.29, 1.82) is 0 Å². The molecule has 6 heteroatoms. The fraction of sp³-hybridized carbons (Fsp3) is 0.467. The van der Waals surface area contributed by atoms with Crippen LogP contribution in [0.5, 0.6) is 0 Å². The highest BCUT2D eigenvalue weighted by atomic mass is 19.2. The molecule has 2 aliphatic rings. The normalized spacial score (nSPS) is 21.7. The molecule has 112 valence electrons. The SMILES string of the molecule is O=C(NCC1CC(=O)N(C2CC2)C1)c1ccc(F)c(F)c1. The van der Waals surface area contributed by atoms with Crippen molar-refractivity contribution in [3.05, 3.63) is 35.4 Å². The van der Waals surface area contributed by atoms with Gasteiger partial charge in [0.15, 0.2) is 11.6 Å². The standard InChI is InChI=1S/C15H16F2N2O2/c16-12-4-1-10(6-13(12)17)15(21)18-7-9-5-14(20)19(8-9)11-2-3-11/h1,4,6,9,11H,2-3,5,7-8H2,(H,18,21). The first-order chi connectivity index (χ1) is 10.0. The molecule has 3 rings (SSSR count). The van der Waals surface area contributed by atoms with Crippen LogP contribution in [0.2, 0.25) is 0 Å². The Balaban J connectivity index is 1.54. The molecule has 1 atom stereocenters. The molecule has 2 fully saturated rings. The molecule has 1 N–H and O–H groups in total. The molecule has 0 spiro atoms. The van der Waals surface area contributed by atoms with E-state index in [-0.39, 0.29) is 17.4 Å². The summed E-state index contributed by atoms with van der Waals surface area (Å²) in [6.45, 7) is 1.04. The topological polar surface area (TPSA) is 49.4 Å². The second-order valence-corrected chi connectivity index (χ2v) is 5.69. The first kappa shape index (κ1) is 14.0. The van der Waals surface area contributed by atoms with Crippen LogP contribution in [0.15, 0.2) is 18.2 Å². The Morgan fingerprint density at radius 2 is 2.05 bits per heavy atom. The zero-order valence-corrected chi connectivity index (χ0v) is 11.4. The maximum atomic E-state index is 13.1. The van der Waals surface area contributed by atoms with Gasteiger partial charge >= 0.3 is 0 Å². The molecule has 1 heterocycles. The molecular weight excluding hydrogens is 278 g/mol. The van der Waals surface area contributed by atoms with Crippen LogP contribution in [0.25, 0.3) is 0 Å². The number of carbonyl (C=O) groups excluding carboxylic acids is 2. The lowest BCUT2D eigenvalue weighted by atomic mass is 10.1. The van der Waals surface area contributed by atoms with E-state index in [0.29, 0.717) is 25.6 Å². The average molecular weight is 294 g/mol. The number of hydrogen-bond donors (Lipinski definition) is 1. The van der Waals surface area contributed by atoms with Crippen molar-refractivity contribution in [3.8, 4) is 0 Å². The van der Waals surface area contributed by atoms with E-state index in [4.69, 9.17) is 0 Å². The molecule has 1 unspecified atom stereocenters. The van der Waals surface area contributed by atoms with Crippen molar-refractivity contribution >= 4 is 11.8 Å². The van der Waals surface area contributed by atoms with Gasteiger partial charge in [0.2, 0.25) is 5.91 Å². The van der Waals surface area contributed by atoms with Crippen LogP contribution in [0.1, 0.15) is 29.6 Å². The first-order valence-corrected chi connectivity index (χ1v) is 7.07. The second kappa shape index (κ2) is 5.42. The molecule has 1 aromatic carbocycles. The van der Waals surface area contributed by atoms with Crippen LogP contribution in [-0.2, 0) is 4.79 Å². The molecule has 1 saturated carbocycles. The Bertz CT molecular complexity index is 587. The molecule has 2 amide bonds. The lowest BCUT2D eigenvalue weighted by Gasteiger charge is -2.15. The molecule has 1 aliphatic heterocycles. The Kier molecular flexibility index (Phi) is 3.61. The predicted molar refractivity (Wildman–Crippen MR) is 71.5 cm³/mol. The largest absolute Gasteiger partial charge is 0.352 e. The maximum absolute atomic E-state index is 13.1. The maximum Gasteiger partial charge on any atom is 0.251 e. The third-order valence-electron chi connectivity index (χ3n) is 3.96. The number of rotatable bonds is 4. The van der Waals surface area contributed by atoms with Crippen molar-refractivity contribution in [3.63, 3.8) is 0 Å². The van der Waals surface area contributed by atoms with Crippen LogP contribution in [-0.4, -0.2) is 35.8 Å². The minimum absolute atomic E-state index is 0.0808. The van der Waals surface area contributed by atoms with E-state index >= 15 is 0 Å². The van der Waals surface area contributed by atoms with Crippen molar-refractivity contribution in [2.45, 2.75) is 25.3 Å². The molecule has 0 bridgehead atoms. The van der Waals surface area contributed by atoms with E-state index in [2.05, 4.69) is 5.32 Å². The van der Waals surface area contributed by atoms with Crippen LogP contribution >= 0.6 is 0 Å². The summed E-state index contributed by atoms with van der Waals surface area (Å²) in [6, 6.07) is 3.44. The van der Waals surface area contributed by atoms with Gasteiger partial charge in [-0.25, -0.2) is 8.78 Å². The predicted octanol–water partition coefficient (Wildman–Crippen LogP) is 1.71. The van der Waals surface area contributed by atoms with Crippen molar-refractivity contribution in [2.75, 3.05) is 13.1 Å². The third-order valence-corrected chi connectivity index (χ3v) is 3.96. The van der Waals surface area contributed by atoms with Crippen LogP contribution in [0.3, 0.4) is 0 Å². The highest BCUT2D eigenvalue weighted by Crippen LogP contribution is 2.32. The monoisotopic (exact) mass is 294 g/mol. The Hall–Kier alpha value is -1.98. The lowest BCUT2D eigenvalue weighted by Crippen LogP contribution is -2.32. The van der Waals surface area contributed by atoms with Gasteiger partial charge in [-0.3, -0.25) is 9.59 Å². The van der Waals surface area contributed by atoms with E-state index in [1.165, 1.54) is 6.07 Å². The number of nitrogens with one attached hydrogen (secondary N) is 1. The fourth-order valence-electron chi connectivity index (χ4n) is 2.66. The van der Waals surface area contributed by atoms with Gasteiger partial charge in [0.25, 0.3) is 5.91 Å². The van der Waals surface area contributed by atoms with Gasteiger partial charge in [0.1, 0.15) is 0 Å². The summed E-state index contributed by atoms with van der Waals surface area (Å²) in [4.78, 5) is 25.5. The third kappa shape index (κ3) is 3.04.